The minimum Gasteiger partial charge on any atom is -0.497 e. The van der Waals surface area contributed by atoms with Crippen LogP contribution in [0, 0.1) is 6.92 Å². The molecule has 0 saturated carbocycles. The summed E-state index contributed by atoms with van der Waals surface area (Å²) in [6.45, 7) is 5.87. The predicted molar refractivity (Wildman–Crippen MR) is 122 cm³/mol. The third-order valence-corrected chi connectivity index (χ3v) is 5.87. The number of hydrogen-bond acceptors (Lipinski definition) is 6. The number of anilines is 1. The Kier molecular flexibility index (Phi) is 5.59. The minimum absolute atomic E-state index is 0.111. The van der Waals surface area contributed by atoms with Gasteiger partial charge in [-0.05, 0) is 63.4 Å². The van der Waals surface area contributed by atoms with Crippen molar-refractivity contribution in [2.75, 3.05) is 19.5 Å². The Balaban J connectivity index is 1.71. The van der Waals surface area contributed by atoms with Crippen molar-refractivity contribution in [2.45, 2.75) is 45.6 Å². The van der Waals surface area contributed by atoms with E-state index in [1.807, 2.05) is 26.8 Å². The third kappa shape index (κ3) is 4.02. The average molecular weight is 437 g/mol. The summed E-state index contributed by atoms with van der Waals surface area (Å²) in [6, 6.07) is 8.82. The first-order valence-electron chi connectivity index (χ1n) is 10.5. The number of amides is 1. The second kappa shape index (κ2) is 8.22. The van der Waals surface area contributed by atoms with Crippen LogP contribution in [0.2, 0.25) is 0 Å². The Morgan fingerprint density at radius 3 is 2.53 bits per heavy atom. The molecule has 0 saturated heterocycles. The topological polar surface area (TPSA) is 87.0 Å². The van der Waals surface area contributed by atoms with Crippen molar-refractivity contribution in [1.29, 1.82) is 0 Å². The number of carbonyl (C=O) groups is 1. The van der Waals surface area contributed by atoms with Crippen molar-refractivity contribution in [3.8, 4) is 17.2 Å². The first-order chi connectivity index (χ1) is 15.2. The normalized spacial score (nSPS) is 14.4. The predicted octanol–water partition coefficient (Wildman–Crippen LogP) is 4.40. The summed E-state index contributed by atoms with van der Waals surface area (Å²) in [4.78, 5) is 25.6. The first-order valence-corrected chi connectivity index (χ1v) is 10.5. The maximum absolute atomic E-state index is 12.9. The first kappa shape index (κ1) is 21.7. The molecular weight excluding hydrogens is 410 g/mol. The summed E-state index contributed by atoms with van der Waals surface area (Å²) in [5.41, 5.74) is 2.08. The van der Waals surface area contributed by atoms with Crippen molar-refractivity contribution in [3.05, 3.63) is 57.4 Å². The fraction of sp³-hybridized carbons (Fsp3) is 0.360. The number of aryl methyl sites for hydroxylation is 2. The molecule has 2 heterocycles. The summed E-state index contributed by atoms with van der Waals surface area (Å²) < 4.78 is 22.6. The summed E-state index contributed by atoms with van der Waals surface area (Å²) in [6.07, 6.45) is 1.42. The van der Waals surface area contributed by atoms with Gasteiger partial charge in [-0.15, -0.1) is 0 Å². The molecule has 1 aromatic heterocycles. The zero-order valence-electron chi connectivity index (χ0n) is 19.0. The molecule has 0 bridgehead atoms. The van der Waals surface area contributed by atoms with Crippen LogP contribution in [0.5, 0.6) is 17.2 Å². The number of benzene rings is 2. The van der Waals surface area contributed by atoms with Crippen molar-refractivity contribution in [1.82, 2.24) is 0 Å². The fourth-order valence-corrected chi connectivity index (χ4v) is 4.09. The maximum Gasteiger partial charge on any atom is 0.340 e. The Morgan fingerprint density at radius 2 is 1.88 bits per heavy atom. The van der Waals surface area contributed by atoms with Gasteiger partial charge in [0, 0.05) is 17.3 Å². The van der Waals surface area contributed by atoms with E-state index in [4.69, 9.17) is 18.6 Å². The van der Waals surface area contributed by atoms with Crippen LogP contribution in [-0.2, 0) is 17.6 Å². The third-order valence-electron chi connectivity index (χ3n) is 5.87. The Bertz CT molecular complexity index is 1240. The van der Waals surface area contributed by atoms with Crippen LogP contribution in [0.3, 0.4) is 0 Å². The lowest BCUT2D eigenvalue weighted by molar-refractivity contribution is -0.115. The van der Waals surface area contributed by atoms with Crippen LogP contribution in [0.1, 0.15) is 37.0 Å². The van der Waals surface area contributed by atoms with E-state index in [0.717, 1.165) is 18.4 Å². The number of hydrogen-bond donors (Lipinski definition) is 1. The van der Waals surface area contributed by atoms with Gasteiger partial charge in [0.05, 0.1) is 31.6 Å². The van der Waals surface area contributed by atoms with Gasteiger partial charge in [-0.2, -0.15) is 0 Å². The van der Waals surface area contributed by atoms with E-state index in [9.17, 15) is 9.59 Å². The molecule has 1 aliphatic rings. The molecule has 2 aromatic carbocycles. The molecule has 7 heteroatoms. The lowest BCUT2D eigenvalue weighted by Gasteiger charge is -2.33. The minimum atomic E-state index is -0.528. The van der Waals surface area contributed by atoms with Crippen molar-refractivity contribution < 1.29 is 23.4 Å². The van der Waals surface area contributed by atoms with Gasteiger partial charge in [0.2, 0.25) is 5.91 Å². The number of rotatable bonds is 5. The van der Waals surface area contributed by atoms with Gasteiger partial charge in [-0.1, -0.05) is 0 Å². The molecule has 0 atom stereocenters. The van der Waals surface area contributed by atoms with E-state index in [2.05, 4.69) is 5.32 Å². The zero-order chi connectivity index (χ0) is 23.0. The molecule has 0 fully saturated rings. The van der Waals surface area contributed by atoms with E-state index >= 15 is 0 Å². The smallest absolute Gasteiger partial charge is 0.340 e. The molecule has 1 N–H and O–H groups in total. The van der Waals surface area contributed by atoms with Gasteiger partial charge in [-0.3, -0.25) is 4.79 Å². The standard InChI is InChI=1S/C25H27NO6/c1-14-18(12-21(27)26-15-6-8-16(29-4)9-7-15)24(28)31-23-17-10-11-25(2,3)32-19(17)13-20(30-5)22(14)23/h6-9,13H,10-12H2,1-5H3,(H,26,27). The SMILES string of the molecule is COc1ccc(NC(=O)Cc2c(C)c3c(OC)cc4c(c3oc2=O)CCC(C)(C)O4)cc1. The largest absolute Gasteiger partial charge is 0.497 e. The van der Waals surface area contributed by atoms with Crippen LogP contribution < -0.4 is 25.2 Å². The highest BCUT2D eigenvalue weighted by molar-refractivity contribution is 5.95. The second-order valence-corrected chi connectivity index (χ2v) is 8.57. The average Bonchev–Trinajstić information content (AvgIpc) is 2.75. The summed E-state index contributed by atoms with van der Waals surface area (Å²) >= 11 is 0. The second-order valence-electron chi connectivity index (χ2n) is 8.57. The molecule has 0 unspecified atom stereocenters. The maximum atomic E-state index is 12.9. The van der Waals surface area contributed by atoms with E-state index < -0.39 is 5.63 Å². The molecule has 0 spiro atoms. The van der Waals surface area contributed by atoms with Crippen LogP contribution in [0.15, 0.2) is 39.5 Å². The molecule has 1 aliphatic heterocycles. The number of ether oxygens (including phenoxy) is 3. The van der Waals surface area contributed by atoms with Gasteiger partial charge < -0.3 is 23.9 Å². The quantitative estimate of drug-likeness (QED) is 0.595. The van der Waals surface area contributed by atoms with E-state index in [1.54, 1.807) is 38.5 Å². The molecule has 0 aliphatic carbocycles. The number of fused-ring (bicyclic) bond motifs is 3. The Hall–Kier alpha value is -3.48. The van der Waals surface area contributed by atoms with Gasteiger partial charge in [0.25, 0.3) is 0 Å². The highest BCUT2D eigenvalue weighted by atomic mass is 16.5. The summed E-state index contributed by atoms with van der Waals surface area (Å²) in [7, 11) is 3.14. The number of nitrogens with one attached hydrogen (secondary N) is 1. The molecular formula is C25H27NO6. The molecule has 3 aromatic rings. The van der Waals surface area contributed by atoms with Crippen molar-refractivity contribution >= 4 is 22.6 Å². The van der Waals surface area contributed by atoms with Gasteiger partial charge in [0.1, 0.15) is 28.4 Å². The molecule has 0 radical (unpaired) electrons. The molecule has 168 valence electrons. The van der Waals surface area contributed by atoms with E-state index in [0.29, 0.717) is 45.0 Å². The van der Waals surface area contributed by atoms with Crippen molar-refractivity contribution in [2.24, 2.45) is 0 Å². The van der Waals surface area contributed by atoms with Crippen LogP contribution in [-0.4, -0.2) is 25.7 Å². The molecule has 7 nitrogen and oxygen atoms in total. The van der Waals surface area contributed by atoms with Gasteiger partial charge >= 0.3 is 5.63 Å². The summed E-state index contributed by atoms with van der Waals surface area (Å²) in [5, 5.41) is 3.50. The highest BCUT2D eigenvalue weighted by Crippen LogP contribution is 2.43. The Morgan fingerprint density at radius 1 is 1.16 bits per heavy atom. The monoisotopic (exact) mass is 437 g/mol. The molecule has 32 heavy (non-hydrogen) atoms. The number of methoxy groups -OCH3 is 2. The lowest BCUT2D eigenvalue weighted by Crippen LogP contribution is -2.32. The Labute approximate surface area is 186 Å². The summed E-state index contributed by atoms with van der Waals surface area (Å²) in [5.74, 6) is 1.59. The molecule has 1 amide bonds. The van der Waals surface area contributed by atoms with Crippen LogP contribution >= 0.6 is 0 Å². The lowest BCUT2D eigenvalue weighted by atomic mass is 9.91. The van der Waals surface area contributed by atoms with Crippen LogP contribution in [0.4, 0.5) is 5.69 Å². The van der Waals surface area contributed by atoms with Gasteiger partial charge in [0.15, 0.2) is 0 Å². The highest BCUT2D eigenvalue weighted by Gasteiger charge is 2.31. The van der Waals surface area contributed by atoms with E-state index in [1.165, 1.54) is 0 Å². The van der Waals surface area contributed by atoms with Gasteiger partial charge in [-0.25, -0.2) is 4.79 Å². The van der Waals surface area contributed by atoms with E-state index in [-0.39, 0.29) is 17.9 Å². The number of carbonyl (C=O) groups excluding carboxylic acids is 1. The fourth-order valence-electron chi connectivity index (χ4n) is 4.09. The zero-order valence-corrected chi connectivity index (χ0v) is 19.0. The van der Waals surface area contributed by atoms with Crippen molar-refractivity contribution in [3.63, 3.8) is 0 Å². The van der Waals surface area contributed by atoms with Crippen LogP contribution in [0.25, 0.3) is 11.0 Å². The molecule has 4 rings (SSSR count).